The highest BCUT2D eigenvalue weighted by Gasteiger charge is 1.97. The van der Waals surface area contributed by atoms with Gasteiger partial charge in [-0.05, 0) is 35.9 Å². The Kier molecular flexibility index (Phi) is 4.56. The van der Waals surface area contributed by atoms with Gasteiger partial charge in [0.05, 0.1) is 13.7 Å². The van der Waals surface area contributed by atoms with Gasteiger partial charge in [-0.2, -0.15) is 0 Å². The zero-order valence-corrected chi connectivity index (χ0v) is 10.8. The lowest BCUT2D eigenvalue weighted by Gasteiger charge is -2.04. The number of nitrogens with one attached hydrogen (secondary N) is 1. The van der Waals surface area contributed by atoms with Gasteiger partial charge in [0.1, 0.15) is 11.6 Å². The summed E-state index contributed by atoms with van der Waals surface area (Å²) < 4.78 is 18.8. The third kappa shape index (κ3) is 4.14. The van der Waals surface area contributed by atoms with Gasteiger partial charge in [0, 0.05) is 5.69 Å². The van der Waals surface area contributed by atoms with E-state index in [0.717, 1.165) is 17.0 Å². The summed E-state index contributed by atoms with van der Waals surface area (Å²) in [4.78, 5) is 0. The summed E-state index contributed by atoms with van der Waals surface area (Å²) >= 11 is 0. The summed E-state index contributed by atoms with van der Waals surface area (Å²) in [6.07, 6.45) is 1.51. The van der Waals surface area contributed by atoms with E-state index in [1.807, 2.05) is 54.6 Å². The normalized spacial score (nSPS) is 11.2. The van der Waals surface area contributed by atoms with Crippen molar-refractivity contribution in [2.24, 2.45) is 0 Å². The van der Waals surface area contributed by atoms with E-state index in [1.165, 1.54) is 6.08 Å². The Balaban J connectivity index is 1.94. The Labute approximate surface area is 112 Å². The fourth-order valence-electron chi connectivity index (χ4n) is 1.67. The van der Waals surface area contributed by atoms with Crippen LogP contribution in [0.1, 0.15) is 5.56 Å². The first-order valence-electron chi connectivity index (χ1n) is 6.07. The molecule has 0 atom stereocenters. The van der Waals surface area contributed by atoms with Crippen LogP contribution in [0, 0.1) is 0 Å². The summed E-state index contributed by atoms with van der Waals surface area (Å²) in [5.74, 6) is 0.550. The van der Waals surface area contributed by atoms with E-state index in [0.29, 0.717) is 0 Å². The van der Waals surface area contributed by atoms with Gasteiger partial charge in [-0.25, -0.2) is 4.39 Å². The average Bonchev–Trinajstić information content (AvgIpc) is 2.47. The molecule has 0 unspecified atom stereocenters. The van der Waals surface area contributed by atoms with Crippen LogP contribution in [0.15, 0.2) is 60.4 Å². The van der Waals surface area contributed by atoms with Crippen molar-refractivity contribution >= 4 is 11.8 Å². The molecule has 0 aliphatic carbocycles. The molecule has 0 fully saturated rings. The van der Waals surface area contributed by atoms with Crippen molar-refractivity contribution in [2.75, 3.05) is 19.0 Å². The Bertz CT molecular complexity index is 534. The van der Waals surface area contributed by atoms with Crippen molar-refractivity contribution in [2.45, 2.75) is 0 Å². The average molecular weight is 257 g/mol. The highest BCUT2D eigenvalue weighted by molar-refractivity contribution is 5.54. The molecule has 3 heteroatoms. The minimum absolute atomic E-state index is 0.177. The number of anilines is 1. The fourth-order valence-corrected chi connectivity index (χ4v) is 1.67. The van der Waals surface area contributed by atoms with E-state index in [-0.39, 0.29) is 12.4 Å². The van der Waals surface area contributed by atoms with Crippen LogP contribution < -0.4 is 10.1 Å². The van der Waals surface area contributed by atoms with Crippen molar-refractivity contribution < 1.29 is 9.13 Å². The maximum absolute atomic E-state index is 13.7. The molecule has 0 bridgehead atoms. The van der Waals surface area contributed by atoms with Gasteiger partial charge >= 0.3 is 0 Å². The van der Waals surface area contributed by atoms with Crippen LogP contribution in [0.4, 0.5) is 10.1 Å². The number of hydrogen-bond acceptors (Lipinski definition) is 2. The molecule has 19 heavy (non-hydrogen) atoms. The van der Waals surface area contributed by atoms with Gasteiger partial charge in [-0.1, -0.05) is 30.3 Å². The van der Waals surface area contributed by atoms with Crippen molar-refractivity contribution in [1.82, 2.24) is 0 Å². The monoisotopic (exact) mass is 257 g/mol. The van der Waals surface area contributed by atoms with Crippen LogP contribution in [-0.2, 0) is 0 Å². The molecular weight excluding hydrogens is 241 g/mol. The van der Waals surface area contributed by atoms with E-state index in [4.69, 9.17) is 4.74 Å². The quantitative estimate of drug-likeness (QED) is 0.870. The van der Waals surface area contributed by atoms with E-state index in [2.05, 4.69) is 5.32 Å². The molecule has 0 saturated heterocycles. The molecule has 98 valence electrons. The molecule has 2 aromatic carbocycles. The van der Waals surface area contributed by atoms with Gasteiger partial charge in [-0.3, -0.25) is 0 Å². The minimum Gasteiger partial charge on any atom is -0.497 e. The van der Waals surface area contributed by atoms with Crippen molar-refractivity contribution in [3.63, 3.8) is 0 Å². The van der Waals surface area contributed by atoms with Gasteiger partial charge in [0.25, 0.3) is 0 Å². The molecule has 0 heterocycles. The number of para-hydroxylation sites is 1. The predicted octanol–water partition coefficient (Wildman–Crippen LogP) is 4.12. The topological polar surface area (TPSA) is 21.3 Å². The Morgan fingerprint density at radius 1 is 1.11 bits per heavy atom. The molecule has 0 aliphatic heterocycles. The van der Waals surface area contributed by atoms with Gasteiger partial charge < -0.3 is 10.1 Å². The molecule has 0 spiro atoms. The van der Waals surface area contributed by atoms with Crippen LogP contribution in [0.3, 0.4) is 0 Å². The first kappa shape index (κ1) is 13.1. The van der Waals surface area contributed by atoms with Gasteiger partial charge in [0.15, 0.2) is 0 Å². The lowest BCUT2D eigenvalue weighted by atomic mass is 10.2. The second-order valence-electron chi connectivity index (χ2n) is 4.08. The summed E-state index contributed by atoms with van der Waals surface area (Å²) in [7, 11) is 1.61. The lowest BCUT2D eigenvalue weighted by molar-refractivity contribution is 0.415. The van der Waals surface area contributed by atoms with Crippen molar-refractivity contribution in [3.8, 4) is 5.75 Å². The number of hydrogen-bond donors (Lipinski definition) is 1. The van der Waals surface area contributed by atoms with Crippen molar-refractivity contribution in [3.05, 3.63) is 66.0 Å². The highest BCUT2D eigenvalue weighted by Crippen LogP contribution is 2.15. The SMILES string of the molecule is COc1ccc(/C=C(\F)CNc2ccccc2)cc1. The second kappa shape index (κ2) is 6.59. The van der Waals surface area contributed by atoms with E-state index in [1.54, 1.807) is 7.11 Å². The van der Waals surface area contributed by atoms with E-state index >= 15 is 0 Å². The van der Waals surface area contributed by atoms with E-state index < -0.39 is 0 Å². The number of ether oxygens (including phenoxy) is 1. The Morgan fingerprint density at radius 2 is 1.79 bits per heavy atom. The zero-order valence-electron chi connectivity index (χ0n) is 10.8. The zero-order chi connectivity index (χ0) is 13.5. The summed E-state index contributed by atoms with van der Waals surface area (Å²) in [5, 5.41) is 3.02. The molecule has 0 saturated carbocycles. The molecule has 2 rings (SSSR count). The molecule has 0 radical (unpaired) electrons. The molecule has 0 aliphatic rings. The molecule has 0 aromatic heterocycles. The van der Waals surface area contributed by atoms with E-state index in [9.17, 15) is 4.39 Å². The highest BCUT2D eigenvalue weighted by atomic mass is 19.1. The first-order chi connectivity index (χ1) is 9.28. The third-order valence-electron chi connectivity index (χ3n) is 2.67. The summed E-state index contributed by atoms with van der Waals surface area (Å²) in [6, 6.07) is 16.8. The number of benzene rings is 2. The first-order valence-corrected chi connectivity index (χ1v) is 6.07. The maximum atomic E-state index is 13.7. The van der Waals surface area contributed by atoms with Crippen molar-refractivity contribution in [1.29, 1.82) is 0 Å². The molecule has 1 N–H and O–H groups in total. The van der Waals surface area contributed by atoms with Crippen LogP contribution in [0.5, 0.6) is 5.75 Å². The number of halogens is 1. The third-order valence-corrected chi connectivity index (χ3v) is 2.67. The molecule has 2 aromatic rings. The number of rotatable bonds is 5. The maximum Gasteiger partial charge on any atom is 0.120 e. The largest absolute Gasteiger partial charge is 0.497 e. The number of methoxy groups -OCH3 is 1. The molecule has 2 nitrogen and oxygen atoms in total. The summed E-state index contributed by atoms with van der Waals surface area (Å²) in [5.41, 5.74) is 1.72. The van der Waals surface area contributed by atoms with Gasteiger partial charge in [-0.15, -0.1) is 0 Å². The summed E-state index contributed by atoms with van der Waals surface area (Å²) in [6.45, 7) is 0.177. The molecule has 0 amide bonds. The van der Waals surface area contributed by atoms with Crippen LogP contribution >= 0.6 is 0 Å². The van der Waals surface area contributed by atoms with Gasteiger partial charge in [0.2, 0.25) is 0 Å². The van der Waals surface area contributed by atoms with Crippen LogP contribution in [0.2, 0.25) is 0 Å². The standard InChI is InChI=1S/C16H16FNO/c1-19-16-9-7-13(8-10-16)11-14(17)12-18-15-5-3-2-4-6-15/h2-11,18H,12H2,1H3/b14-11-. The lowest BCUT2D eigenvalue weighted by Crippen LogP contribution is -2.01. The predicted molar refractivity (Wildman–Crippen MR) is 77.0 cm³/mol. The molecular formula is C16H16FNO. The smallest absolute Gasteiger partial charge is 0.120 e. The minimum atomic E-state index is -0.214. The van der Waals surface area contributed by atoms with Crippen LogP contribution in [-0.4, -0.2) is 13.7 Å². The Morgan fingerprint density at radius 3 is 2.42 bits per heavy atom. The van der Waals surface area contributed by atoms with Crippen LogP contribution in [0.25, 0.3) is 6.08 Å². The second-order valence-corrected chi connectivity index (χ2v) is 4.08. The fraction of sp³-hybridized carbons (Fsp3) is 0.125. The Hall–Kier alpha value is -2.29.